The highest BCUT2D eigenvalue weighted by Crippen LogP contribution is 2.24. The van der Waals surface area contributed by atoms with E-state index in [4.69, 9.17) is 4.74 Å². The van der Waals surface area contributed by atoms with Crippen LogP contribution in [0.3, 0.4) is 0 Å². The third kappa shape index (κ3) is 4.05. The molecule has 1 saturated carbocycles. The van der Waals surface area contributed by atoms with Crippen molar-refractivity contribution in [1.82, 2.24) is 5.32 Å². The van der Waals surface area contributed by atoms with E-state index in [0.29, 0.717) is 12.5 Å². The lowest BCUT2D eigenvalue weighted by Gasteiger charge is -2.26. The first-order valence-corrected chi connectivity index (χ1v) is 7.24. The van der Waals surface area contributed by atoms with Crippen molar-refractivity contribution in [3.8, 4) is 0 Å². The van der Waals surface area contributed by atoms with E-state index in [0.717, 1.165) is 31.2 Å². The lowest BCUT2D eigenvalue weighted by Crippen LogP contribution is -2.36. The molecule has 1 fully saturated rings. The first kappa shape index (κ1) is 15.0. The van der Waals surface area contributed by atoms with Crippen molar-refractivity contribution in [1.29, 1.82) is 0 Å². The number of ether oxygens (including phenoxy) is 1. The van der Waals surface area contributed by atoms with E-state index in [-0.39, 0.29) is 12.0 Å². The van der Waals surface area contributed by atoms with Crippen LogP contribution in [0.1, 0.15) is 37.4 Å². The van der Waals surface area contributed by atoms with Crippen molar-refractivity contribution in [3.63, 3.8) is 0 Å². The Kier molecular flexibility index (Phi) is 5.56. The van der Waals surface area contributed by atoms with Gasteiger partial charge in [0.1, 0.15) is 0 Å². The molecule has 3 unspecified atom stereocenters. The summed E-state index contributed by atoms with van der Waals surface area (Å²) in [7, 11) is 1.54. The number of nitrogens with one attached hydrogen (secondary N) is 1. The Balaban J connectivity index is 1.87. The summed E-state index contributed by atoms with van der Waals surface area (Å²) >= 11 is 0. The molecule has 1 amide bonds. The molecule has 2 rings (SSSR count). The van der Waals surface area contributed by atoms with Gasteiger partial charge in [-0.15, -0.1) is 0 Å². The molecule has 20 heavy (non-hydrogen) atoms. The Hall–Kier alpha value is -1.39. The summed E-state index contributed by atoms with van der Waals surface area (Å²) in [5, 5.41) is 12.6. The Morgan fingerprint density at radius 2 is 2.15 bits per heavy atom. The number of hydrogen-bond acceptors (Lipinski definition) is 3. The maximum absolute atomic E-state index is 12.2. The smallest absolute Gasteiger partial charge is 0.253 e. The van der Waals surface area contributed by atoms with Crippen molar-refractivity contribution >= 4 is 5.91 Å². The van der Waals surface area contributed by atoms with Gasteiger partial charge in [0, 0.05) is 13.7 Å². The van der Waals surface area contributed by atoms with Gasteiger partial charge in [-0.2, -0.15) is 0 Å². The van der Waals surface area contributed by atoms with E-state index >= 15 is 0 Å². The zero-order valence-electron chi connectivity index (χ0n) is 11.9. The van der Waals surface area contributed by atoms with E-state index in [1.807, 2.05) is 30.3 Å². The van der Waals surface area contributed by atoms with Gasteiger partial charge in [0.15, 0.2) is 6.10 Å². The second-order valence-electron chi connectivity index (χ2n) is 5.46. The summed E-state index contributed by atoms with van der Waals surface area (Å²) in [6.07, 6.45) is 3.00. The molecular formula is C16H23NO3. The zero-order chi connectivity index (χ0) is 14.4. The molecule has 0 aliphatic heterocycles. The second kappa shape index (κ2) is 7.41. The predicted molar refractivity (Wildman–Crippen MR) is 77.2 cm³/mol. The van der Waals surface area contributed by atoms with Gasteiger partial charge in [-0.25, -0.2) is 0 Å². The number of carbonyl (C=O) groups excluding carboxylic acids is 1. The Morgan fingerprint density at radius 1 is 1.40 bits per heavy atom. The first-order chi connectivity index (χ1) is 9.70. The molecule has 1 aromatic carbocycles. The molecule has 0 aromatic heterocycles. The highest BCUT2D eigenvalue weighted by atomic mass is 16.5. The minimum Gasteiger partial charge on any atom is -0.393 e. The van der Waals surface area contributed by atoms with Gasteiger partial charge in [-0.05, 0) is 30.7 Å². The zero-order valence-corrected chi connectivity index (χ0v) is 11.9. The number of benzene rings is 1. The van der Waals surface area contributed by atoms with Crippen molar-refractivity contribution < 1.29 is 14.6 Å². The molecule has 0 saturated heterocycles. The van der Waals surface area contributed by atoms with Crippen LogP contribution in [0.25, 0.3) is 0 Å². The third-order valence-corrected chi connectivity index (χ3v) is 3.90. The van der Waals surface area contributed by atoms with Crippen molar-refractivity contribution in [3.05, 3.63) is 35.9 Å². The van der Waals surface area contributed by atoms with Crippen LogP contribution in [-0.4, -0.2) is 30.8 Å². The fraction of sp³-hybridized carbons (Fsp3) is 0.562. The Bertz CT molecular complexity index is 421. The van der Waals surface area contributed by atoms with Crippen LogP contribution in [0.15, 0.2) is 30.3 Å². The van der Waals surface area contributed by atoms with E-state index in [1.165, 1.54) is 0 Å². The molecule has 1 aliphatic carbocycles. The lowest BCUT2D eigenvalue weighted by atomic mass is 9.87. The summed E-state index contributed by atoms with van der Waals surface area (Å²) in [6, 6.07) is 9.48. The molecule has 1 aromatic rings. The largest absolute Gasteiger partial charge is 0.393 e. The van der Waals surface area contributed by atoms with Crippen LogP contribution in [0.2, 0.25) is 0 Å². The highest BCUT2D eigenvalue weighted by molar-refractivity contribution is 5.82. The minimum absolute atomic E-state index is 0.112. The van der Waals surface area contributed by atoms with Gasteiger partial charge in [0.25, 0.3) is 5.91 Å². The van der Waals surface area contributed by atoms with Crippen LogP contribution in [0, 0.1) is 5.92 Å². The second-order valence-corrected chi connectivity index (χ2v) is 5.46. The number of carbonyl (C=O) groups is 1. The maximum Gasteiger partial charge on any atom is 0.253 e. The van der Waals surface area contributed by atoms with Gasteiger partial charge in [-0.1, -0.05) is 36.8 Å². The van der Waals surface area contributed by atoms with Crippen LogP contribution in [-0.2, 0) is 9.53 Å². The molecule has 0 spiro atoms. The average Bonchev–Trinajstić information content (AvgIpc) is 2.47. The lowest BCUT2D eigenvalue weighted by molar-refractivity contribution is -0.131. The Labute approximate surface area is 120 Å². The normalized spacial score (nSPS) is 24.1. The van der Waals surface area contributed by atoms with Crippen molar-refractivity contribution in [2.24, 2.45) is 5.92 Å². The van der Waals surface area contributed by atoms with Crippen molar-refractivity contribution in [2.75, 3.05) is 13.7 Å². The fourth-order valence-corrected chi connectivity index (χ4v) is 2.81. The van der Waals surface area contributed by atoms with Crippen LogP contribution in [0.5, 0.6) is 0 Å². The predicted octanol–water partition coefficient (Wildman–Crippen LogP) is 2.04. The number of methoxy groups -OCH3 is 1. The summed E-state index contributed by atoms with van der Waals surface area (Å²) in [5.74, 6) is 0.259. The number of aliphatic hydroxyl groups is 1. The van der Waals surface area contributed by atoms with E-state index in [1.54, 1.807) is 7.11 Å². The van der Waals surface area contributed by atoms with E-state index < -0.39 is 6.10 Å². The molecular weight excluding hydrogens is 254 g/mol. The van der Waals surface area contributed by atoms with Gasteiger partial charge < -0.3 is 15.2 Å². The SMILES string of the molecule is COC(C(=O)NCC1CCCC(O)C1)c1ccccc1. The topological polar surface area (TPSA) is 58.6 Å². The molecule has 0 radical (unpaired) electrons. The number of aliphatic hydroxyl groups excluding tert-OH is 1. The third-order valence-electron chi connectivity index (χ3n) is 3.90. The van der Waals surface area contributed by atoms with Gasteiger partial charge in [0.05, 0.1) is 6.10 Å². The molecule has 0 bridgehead atoms. The molecule has 3 atom stereocenters. The minimum atomic E-state index is -0.565. The van der Waals surface area contributed by atoms with Crippen LogP contribution >= 0.6 is 0 Å². The standard InChI is InChI=1S/C16H23NO3/c1-20-15(13-7-3-2-4-8-13)16(19)17-11-12-6-5-9-14(18)10-12/h2-4,7-8,12,14-15,18H,5-6,9-11H2,1H3,(H,17,19). The molecule has 4 nitrogen and oxygen atoms in total. The quantitative estimate of drug-likeness (QED) is 0.866. The summed E-state index contributed by atoms with van der Waals surface area (Å²) in [5.41, 5.74) is 0.858. The summed E-state index contributed by atoms with van der Waals surface area (Å²) in [4.78, 5) is 12.2. The maximum atomic E-state index is 12.2. The average molecular weight is 277 g/mol. The monoisotopic (exact) mass is 277 g/mol. The van der Waals surface area contributed by atoms with Crippen LogP contribution in [0.4, 0.5) is 0 Å². The number of rotatable bonds is 5. The highest BCUT2D eigenvalue weighted by Gasteiger charge is 2.23. The molecule has 0 heterocycles. The summed E-state index contributed by atoms with van der Waals surface area (Å²) < 4.78 is 5.30. The fourth-order valence-electron chi connectivity index (χ4n) is 2.81. The van der Waals surface area contributed by atoms with Crippen molar-refractivity contribution in [2.45, 2.75) is 37.9 Å². The first-order valence-electron chi connectivity index (χ1n) is 7.24. The number of hydrogen-bond donors (Lipinski definition) is 2. The van der Waals surface area contributed by atoms with Gasteiger partial charge >= 0.3 is 0 Å². The van der Waals surface area contributed by atoms with Gasteiger partial charge in [-0.3, -0.25) is 4.79 Å². The Morgan fingerprint density at radius 3 is 2.80 bits per heavy atom. The molecule has 4 heteroatoms. The van der Waals surface area contributed by atoms with E-state index in [2.05, 4.69) is 5.32 Å². The number of amides is 1. The molecule has 110 valence electrons. The molecule has 2 N–H and O–H groups in total. The molecule has 1 aliphatic rings. The summed E-state index contributed by atoms with van der Waals surface area (Å²) in [6.45, 7) is 0.614. The van der Waals surface area contributed by atoms with Crippen LogP contribution < -0.4 is 5.32 Å². The van der Waals surface area contributed by atoms with Gasteiger partial charge in [0.2, 0.25) is 0 Å². The van der Waals surface area contributed by atoms with E-state index in [9.17, 15) is 9.90 Å².